The molecule has 0 aliphatic carbocycles. The maximum atomic E-state index is 13.9. The predicted octanol–water partition coefficient (Wildman–Crippen LogP) is 5.73. The van der Waals surface area contributed by atoms with E-state index in [0.29, 0.717) is 24.2 Å². The molecule has 0 bridgehead atoms. The first-order valence-electron chi connectivity index (χ1n) is 11.8. The van der Waals surface area contributed by atoms with E-state index in [2.05, 4.69) is 16.0 Å². The monoisotopic (exact) mass is 509 g/mol. The third-order valence-corrected chi connectivity index (χ3v) is 7.39. The first kappa shape index (κ1) is 24.4. The number of fused-ring (bicyclic) bond motifs is 2. The summed E-state index contributed by atoms with van der Waals surface area (Å²) >= 11 is 6.04. The van der Waals surface area contributed by atoms with E-state index in [0.717, 1.165) is 49.0 Å². The molecule has 5 rings (SSSR count). The van der Waals surface area contributed by atoms with Crippen LogP contribution < -0.4 is 9.64 Å². The van der Waals surface area contributed by atoms with E-state index in [1.165, 1.54) is 12.1 Å². The molecule has 36 heavy (non-hydrogen) atoms. The number of carbonyl (C=O) groups is 1. The highest BCUT2D eigenvalue weighted by Gasteiger charge is 2.46. The molecule has 0 saturated carbocycles. The van der Waals surface area contributed by atoms with Crippen molar-refractivity contribution in [2.24, 2.45) is 0 Å². The number of pyridine rings is 1. The number of ether oxygens (including phenoxy) is 1. The Labute approximate surface area is 214 Å². The second-order valence-electron chi connectivity index (χ2n) is 9.29. The zero-order chi connectivity index (χ0) is 25.3. The van der Waals surface area contributed by atoms with Crippen LogP contribution in [-0.4, -0.2) is 49.1 Å². The number of amides is 1. The number of methoxy groups -OCH3 is 1. The molecule has 1 saturated heterocycles. The van der Waals surface area contributed by atoms with Gasteiger partial charge >= 0.3 is 0 Å². The van der Waals surface area contributed by atoms with Crippen LogP contribution in [-0.2, 0) is 5.41 Å². The minimum Gasteiger partial charge on any atom is -0.497 e. The fourth-order valence-electron chi connectivity index (χ4n) is 5.20. The molecule has 2 aliphatic rings. The minimum atomic E-state index is -0.584. The average molecular weight is 510 g/mol. The molecule has 2 aromatic carbocycles. The topological polar surface area (TPSA) is 45.7 Å². The van der Waals surface area contributed by atoms with Crippen LogP contribution in [0.2, 0.25) is 5.15 Å². The molecule has 0 radical (unpaired) electrons. The number of hydrogen-bond acceptors (Lipinski definition) is 4. The summed E-state index contributed by atoms with van der Waals surface area (Å²) in [6.07, 6.45) is 6.87. The molecule has 3 heterocycles. The average Bonchev–Trinajstić information content (AvgIpc) is 3.19. The summed E-state index contributed by atoms with van der Waals surface area (Å²) in [7, 11) is 1.64. The smallest absolute Gasteiger partial charge is 0.258 e. The van der Waals surface area contributed by atoms with Crippen molar-refractivity contribution in [3.63, 3.8) is 0 Å². The largest absolute Gasteiger partial charge is 0.497 e. The standard InChI is InChI=1S/C28H26ClF2N3O2/c1-36-22-6-7-25-23(17-22)28(18-34(25)27(35)20-8-11-32-26(29)15-20)9-13-33(14-10-28)12-2-3-19-4-5-21(30)16-24(19)31/h2-8,11,15-17H,9-10,12-14,18H2,1H3. The van der Waals surface area contributed by atoms with Crippen LogP contribution >= 0.6 is 11.6 Å². The van der Waals surface area contributed by atoms with Gasteiger partial charge in [-0.15, -0.1) is 0 Å². The number of likely N-dealkylation sites (tertiary alicyclic amines) is 1. The van der Waals surface area contributed by atoms with E-state index in [1.807, 2.05) is 23.1 Å². The molecule has 0 unspecified atom stereocenters. The van der Waals surface area contributed by atoms with Crippen LogP contribution in [0.5, 0.6) is 5.75 Å². The van der Waals surface area contributed by atoms with E-state index in [-0.39, 0.29) is 16.5 Å². The number of aromatic nitrogens is 1. The van der Waals surface area contributed by atoms with Crippen molar-refractivity contribution in [1.82, 2.24) is 9.88 Å². The van der Waals surface area contributed by atoms with Gasteiger partial charge in [0.2, 0.25) is 0 Å². The predicted molar refractivity (Wildman–Crippen MR) is 137 cm³/mol. The lowest BCUT2D eigenvalue weighted by molar-refractivity contribution is 0.0977. The number of carbonyl (C=O) groups excluding carboxylic acids is 1. The first-order valence-corrected chi connectivity index (χ1v) is 12.2. The molecule has 186 valence electrons. The lowest BCUT2D eigenvalue weighted by Gasteiger charge is -2.39. The summed E-state index contributed by atoms with van der Waals surface area (Å²) in [5, 5.41) is 0.284. The van der Waals surface area contributed by atoms with Crippen molar-refractivity contribution in [1.29, 1.82) is 0 Å². The van der Waals surface area contributed by atoms with Crippen LogP contribution in [0.4, 0.5) is 14.5 Å². The van der Waals surface area contributed by atoms with Crippen molar-refractivity contribution in [3.05, 3.63) is 94.3 Å². The highest BCUT2D eigenvalue weighted by atomic mass is 35.5. The molecular weight excluding hydrogens is 484 g/mol. The van der Waals surface area contributed by atoms with E-state index >= 15 is 0 Å². The Morgan fingerprint density at radius 2 is 1.94 bits per heavy atom. The minimum absolute atomic E-state index is 0.103. The van der Waals surface area contributed by atoms with E-state index in [9.17, 15) is 13.6 Å². The Kier molecular flexibility index (Phi) is 6.77. The zero-order valence-corrected chi connectivity index (χ0v) is 20.6. The lowest BCUT2D eigenvalue weighted by atomic mass is 9.74. The van der Waals surface area contributed by atoms with Crippen LogP contribution in [0.1, 0.15) is 34.3 Å². The van der Waals surface area contributed by atoms with Crippen LogP contribution in [0, 0.1) is 11.6 Å². The van der Waals surface area contributed by atoms with Gasteiger partial charge in [0.1, 0.15) is 22.5 Å². The number of piperidine rings is 1. The molecule has 5 nitrogen and oxygen atoms in total. The van der Waals surface area contributed by atoms with Gasteiger partial charge in [-0.1, -0.05) is 23.8 Å². The molecule has 1 amide bonds. The number of anilines is 1. The van der Waals surface area contributed by atoms with E-state index < -0.39 is 11.6 Å². The van der Waals surface area contributed by atoms with Gasteiger partial charge in [0, 0.05) is 47.6 Å². The molecule has 0 atom stereocenters. The number of hydrogen-bond donors (Lipinski definition) is 0. The molecule has 3 aromatic rings. The summed E-state index contributed by atoms with van der Waals surface area (Å²) in [6, 6.07) is 12.8. The van der Waals surface area contributed by atoms with Crippen molar-refractivity contribution < 1.29 is 18.3 Å². The molecule has 1 spiro atoms. The Morgan fingerprint density at radius 3 is 2.67 bits per heavy atom. The number of benzene rings is 2. The van der Waals surface area contributed by atoms with Gasteiger partial charge < -0.3 is 9.64 Å². The van der Waals surface area contributed by atoms with Crippen LogP contribution in [0.25, 0.3) is 6.08 Å². The van der Waals surface area contributed by atoms with Crippen LogP contribution in [0.15, 0.2) is 60.8 Å². The molecular formula is C28H26ClF2N3O2. The summed E-state index contributed by atoms with van der Waals surface area (Å²) in [4.78, 5) is 21.6. The zero-order valence-electron chi connectivity index (χ0n) is 19.9. The summed E-state index contributed by atoms with van der Waals surface area (Å²) in [6.45, 7) is 2.90. The Balaban J connectivity index is 1.33. The normalized spacial score (nSPS) is 17.1. The Bertz CT molecular complexity index is 1320. The number of nitrogens with zero attached hydrogens (tertiary/aromatic N) is 3. The Hall–Kier alpha value is -3.29. The second kappa shape index (κ2) is 9.99. The van der Waals surface area contributed by atoms with Crippen molar-refractivity contribution in [2.75, 3.05) is 38.2 Å². The summed E-state index contributed by atoms with van der Waals surface area (Å²) in [5.41, 5.74) is 2.71. The van der Waals surface area contributed by atoms with Crippen molar-refractivity contribution in [3.8, 4) is 5.75 Å². The fraction of sp³-hybridized carbons (Fsp3) is 0.286. The summed E-state index contributed by atoms with van der Waals surface area (Å²) in [5.74, 6) is -0.491. The molecule has 2 aliphatic heterocycles. The Morgan fingerprint density at radius 1 is 1.14 bits per heavy atom. The SMILES string of the molecule is COc1ccc2c(c1)C1(CCN(CC=Cc3ccc(F)cc3F)CC1)CN2C(=O)c1ccnc(Cl)c1. The number of rotatable bonds is 5. The third-order valence-electron chi connectivity index (χ3n) is 7.18. The maximum absolute atomic E-state index is 13.9. The number of halogens is 3. The molecule has 8 heteroatoms. The lowest BCUT2D eigenvalue weighted by Crippen LogP contribution is -2.46. The third kappa shape index (κ3) is 4.73. The van der Waals surface area contributed by atoms with Gasteiger partial charge in [0.15, 0.2) is 0 Å². The molecule has 1 aromatic heterocycles. The maximum Gasteiger partial charge on any atom is 0.258 e. The highest BCUT2D eigenvalue weighted by molar-refractivity contribution is 6.29. The van der Waals surface area contributed by atoms with Crippen molar-refractivity contribution >= 4 is 29.3 Å². The van der Waals surface area contributed by atoms with Gasteiger partial charge in [-0.3, -0.25) is 9.69 Å². The second-order valence-corrected chi connectivity index (χ2v) is 9.68. The van der Waals surface area contributed by atoms with Gasteiger partial charge in [0.05, 0.1) is 7.11 Å². The van der Waals surface area contributed by atoms with E-state index in [4.69, 9.17) is 16.3 Å². The van der Waals surface area contributed by atoms with Gasteiger partial charge in [-0.2, -0.15) is 0 Å². The molecule has 0 N–H and O–H groups in total. The van der Waals surface area contributed by atoms with Gasteiger partial charge in [-0.25, -0.2) is 13.8 Å². The van der Waals surface area contributed by atoms with Crippen molar-refractivity contribution in [2.45, 2.75) is 18.3 Å². The molecule has 1 fully saturated rings. The van der Waals surface area contributed by atoms with Gasteiger partial charge in [0.25, 0.3) is 5.91 Å². The summed E-state index contributed by atoms with van der Waals surface area (Å²) < 4.78 is 32.5. The van der Waals surface area contributed by atoms with Crippen LogP contribution in [0.3, 0.4) is 0 Å². The fourth-order valence-corrected chi connectivity index (χ4v) is 5.38. The van der Waals surface area contributed by atoms with Gasteiger partial charge in [-0.05, 0) is 74.0 Å². The van der Waals surface area contributed by atoms with E-state index in [1.54, 1.807) is 31.5 Å². The first-order chi connectivity index (χ1) is 17.4. The highest BCUT2D eigenvalue weighted by Crippen LogP contribution is 2.48. The quantitative estimate of drug-likeness (QED) is 0.412.